The van der Waals surface area contributed by atoms with Gasteiger partial charge in [0.2, 0.25) is 5.91 Å². The minimum atomic E-state index is -1.27. The fourth-order valence-electron chi connectivity index (χ4n) is 5.17. The summed E-state index contributed by atoms with van der Waals surface area (Å²) in [5, 5.41) is 2.58. The Morgan fingerprint density at radius 1 is 1.13 bits per heavy atom. The van der Waals surface area contributed by atoms with Gasteiger partial charge in [-0.3, -0.25) is 19.4 Å². The first-order valence-corrected chi connectivity index (χ1v) is 19.9. The molecule has 1 N–H and O–H groups in total. The predicted molar refractivity (Wildman–Crippen MR) is 187 cm³/mol. The standard InChI is InChI=1S/C35H51N5O6Si/c1-25(2)20-26-15-16-36-30-22-28(40(33(26)30)24-46-18-19-47(6,7)8)23-39-17-11-12-27(34(39)43)21-31(41)29(37-35(44)45-5)13-9-10-14-32(42)38(3)4/h10-12,14-17,22,25,29H,9,13,18-21,23-24H2,1-8H3,(H,37,44)/b14-10+/t29-/m0/s1. The number of carbonyl (C=O) groups is 3. The molecule has 12 heteroatoms. The highest BCUT2D eigenvalue weighted by Gasteiger charge is 2.23. The van der Waals surface area contributed by atoms with Gasteiger partial charge in [0.05, 0.1) is 30.7 Å². The summed E-state index contributed by atoms with van der Waals surface area (Å²) in [6, 6.07) is 7.61. The summed E-state index contributed by atoms with van der Waals surface area (Å²) in [4.78, 5) is 57.1. The Morgan fingerprint density at radius 3 is 2.53 bits per heavy atom. The molecule has 3 heterocycles. The molecule has 3 aromatic heterocycles. The average Bonchev–Trinajstić information content (AvgIpc) is 3.35. The lowest BCUT2D eigenvalue weighted by molar-refractivity contribution is -0.123. The maximum Gasteiger partial charge on any atom is 0.407 e. The van der Waals surface area contributed by atoms with Crippen LogP contribution in [0.3, 0.4) is 0 Å². The van der Waals surface area contributed by atoms with Gasteiger partial charge < -0.3 is 28.8 Å². The van der Waals surface area contributed by atoms with Crippen molar-refractivity contribution in [3.63, 3.8) is 0 Å². The molecule has 0 saturated heterocycles. The van der Waals surface area contributed by atoms with E-state index < -0.39 is 20.2 Å². The van der Waals surface area contributed by atoms with Crippen molar-refractivity contribution in [1.82, 2.24) is 24.3 Å². The number of alkyl carbamates (subject to hydrolysis) is 1. The smallest absolute Gasteiger partial charge is 0.407 e. The summed E-state index contributed by atoms with van der Waals surface area (Å²) < 4.78 is 14.6. The van der Waals surface area contributed by atoms with Gasteiger partial charge in [0.25, 0.3) is 5.56 Å². The largest absolute Gasteiger partial charge is 0.453 e. The first-order valence-electron chi connectivity index (χ1n) is 16.2. The third kappa shape index (κ3) is 11.3. The van der Waals surface area contributed by atoms with E-state index in [2.05, 4.69) is 54.4 Å². The van der Waals surface area contributed by atoms with Crippen molar-refractivity contribution < 1.29 is 23.9 Å². The van der Waals surface area contributed by atoms with Gasteiger partial charge in [-0.15, -0.1) is 0 Å². The third-order valence-electron chi connectivity index (χ3n) is 7.79. The Labute approximate surface area is 279 Å². The van der Waals surface area contributed by atoms with Crippen molar-refractivity contribution in [3.8, 4) is 0 Å². The molecular weight excluding hydrogens is 615 g/mol. The lowest BCUT2D eigenvalue weighted by atomic mass is 10.0. The zero-order valence-corrected chi connectivity index (χ0v) is 30.2. The molecule has 0 saturated carbocycles. The minimum Gasteiger partial charge on any atom is -0.453 e. The summed E-state index contributed by atoms with van der Waals surface area (Å²) in [6.45, 7) is 12.6. The van der Waals surface area contributed by atoms with Crippen LogP contribution in [-0.4, -0.2) is 78.7 Å². The number of hydrogen-bond donors (Lipinski definition) is 1. The molecule has 256 valence electrons. The summed E-state index contributed by atoms with van der Waals surface area (Å²) in [5.41, 5.74) is 3.96. The number of amides is 2. The molecule has 0 aliphatic heterocycles. The predicted octanol–water partition coefficient (Wildman–Crippen LogP) is 5.02. The minimum absolute atomic E-state index is 0.169. The topological polar surface area (TPSA) is 125 Å². The number of carbonyl (C=O) groups excluding carboxylic acids is 3. The summed E-state index contributed by atoms with van der Waals surface area (Å²) in [6.07, 6.45) is 7.21. The van der Waals surface area contributed by atoms with Crippen LogP contribution in [0.25, 0.3) is 11.0 Å². The lowest BCUT2D eigenvalue weighted by Crippen LogP contribution is -2.42. The summed E-state index contributed by atoms with van der Waals surface area (Å²) >= 11 is 0. The van der Waals surface area contributed by atoms with E-state index >= 15 is 0 Å². The highest BCUT2D eigenvalue weighted by atomic mass is 28.3. The fourth-order valence-corrected chi connectivity index (χ4v) is 5.92. The van der Waals surface area contributed by atoms with E-state index in [1.807, 2.05) is 12.3 Å². The fraction of sp³-hybridized carbons (Fsp3) is 0.514. The van der Waals surface area contributed by atoms with Gasteiger partial charge in [-0.2, -0.15) is 0 Å². The molecule has 47 heavy (non-hydrogen) atoms. The SMILES string of the molecule is COC(=O)N[C@@H](CC/C=C/C(=O)N(C)C)C(=O)Cc1cccn(Cc2cc3nccc(CC(C)C)c3n2COCC[Si](C)(C)C)c1=O. The van der Waals surface area contributed by atoms with Crippen molar-refractivity contribution in [2.45, 2.75) is 84.5 Å². The van der Waals surface area contributed by atoms with Gasteiger partial charge in [0.1, 0.15) is 6.73 Å². The maximum absolute atomic E-state index is 13.7. The number of ketones is 1. The van der Waals surface area contributed by atoms with E-state index in [1.165, 1.54) is 23.6 Å². The van der Waals surface area contributed by atoms with Crippen LogP contribution in [0.4, 0.5) is 4.79 Å². The molecule has 0 spiro atoms. The van der Waals surface area contributed by atoms with Gasteiger partial charge in [-0.25, -0.2) is 4.79 Å². The van der Waals surface area contributed by atoms with Crippen molar-refractivity contribution in [2.75, 3.05) is 27.8 Å². The lowest BCUT2D eigenvalue weighted by Gasteiger charge is -2.18. The van der Waals surface area contributed by atoms with E-state index in [0.717, 1.165) is 29.2 Å². The van der Waals surface area contributed by atoms with E-state index in [4.69, 9.17) is 9.47 Å². The van der Waals surface area contributed by atoms with Crippen LogP contribution in [0.2, 0.25) is 25.7 Å². The van der Waals surface area contributed by atoms with Gasteiger partial charge in [0.15, 0.2) is 5.78 Å². The van der Waals surface area contributed by atoms with Crippen molar-refractivity contribution in [1.29, 1.82) is 0 Å². The number of ether oxygens (including phenoxy) is 2. The van der Waals surface area contributed by atoms with Crippen LogP contribution in [0.5, 0.6) is 0 Å². The molecule has 11 nitrogen and oxygen atoms in total. The van der Waals surface area contributed by atoms with Gasteiger partial charge in [-0.05, 0) is 61.1 Å². The quantitative estimate of drug-likeness (QED) is 0.122. The van der Waals surface area contributed by atoms with Crippen LogP contribution in [0, 0.1) is 5.92 Å². The number of pyridine rings is 2. The number of methoxy groups -OCH3 is 1. The van der Waals surface area contributed by atoms with E-state index in [-0.39, 0.29) is 36.6 Å². The first kappa shape index (κ1) is 37.4. The second-order valence-corrected chi connectivity index (χ2v) is 19.3. The first-order chi connectivity index (χ1) is 22.2. The molecule has 3 rings (SSSR count). The third-order valence-corrected chi connectivity index (χ3v) is 9.49. The molecule has 0 fully saturated rings. The normalized spacial score (nSPS) is 12.5. The van der Waals surface area contributed by atoms with Crippen LogP contribution < -0.4 is 10.9 Å². The zero-order valence-electron chi connectivity index (χ0n) is 29.2. The Kier molecular flexibility index (Phi) is 13.7. The molecule has 1 atom stereocenters. The molecule has 0 bridgehead atoms. The number of nitrogens with zero attached hydrogens (tertiary/aromatic N) is 4. The highest BCUT2D eigenvalue weighted by Crippen LogP contribution is 2.25. The average molecular weight is 666 g/mol. The Bertz CT molecular complexity index is 1620. The number of hydrogen-bond acceptors (Lipinski definition) is 7. The Morgan fingerprint density at radius 2 is 1.87 bits per heavy atom. The second-order valence-electron chi connectivity index (χ2n) is 13.7. The molecule has 3 aromatic rings. The monoisotopic (exact) mass is 665 g/mol. The summed E-state index contributed by atoms with van der Waals surface area (Å²) in [5.74, 6) is -0.0566. The maximum atomic E-state index is 13.7. The molecule has 0 radical (unpaired) electrons. The Balaban J connectivity index is 1.88. The number of nitrogens with one attached hydrogen (secondary N) is 1. The van der Waals surface area contributed by atoms with Crippen LogP contribution in [0.1, 0.15) is 43.5 Å². The second kappa shape index (κ2) is 17.2. The molecule has 0 aliphatic carbocycles. The van der Waals surface area contributed by atoms with Gasteiger partial charge >= 0.3 is 6.09 Å². The van der Waals surface area contributed by atoms with E-state index in [9.17, 15) is 19.2 Å². The van der Waals surface area contributed by atoms with E-state index in [1.54, 1.807) is 43.1 Å². The van der Waals surface area contributed by atoms with E-state index in [0.29, 0.717) is 31.2 Å². The van der Waals surface area contributed by atoms with Crippen molar-refractivity contribution in [3.05, 3.63) is 76.0 Å². The number of likely N-dealkylation sites (N-methyl/N-ethyl adjacent to an activating group) is 1. The molecule has 0 unspecified atom stereocenters. The molecule has 0 aromatic carbocycles. The number of rotatable bonds is 17. The van der Waals surface area contributed by atoms with Crippen LogP contribution in [-0.2, 0) is 45.2 Å². The number of fused-ring (bicyclic) bond motifs is 1. The van der Waals surface area contributed by atoms with Crippen molar-refractivity contribution in [2.24, 2.45) is 5.92 Å². The van der Waals surface area contributed by atoms with Gasteiger partial charge in [0, 0.05) is 58.8 Å². The summed E-state index contributed by atoms with van der Waals surface area (Å²) in [7, 11) is 3.24. The Hall–Kier alpha value is -4.03. The highest BCUT2D eigenvalue weighted by molar-refractivity contribution is 6.76. The van der Waals surface area contributed by atoms with Gasteiger partial charge in [-0.1, -0.05) is 45.6 Å². The van der Waals surface area contributed by atoms with Crippen molar-refractivity contribution >= 4 is 36.9 Å². The molecule has 0 aliphatic rings. The van der Waals surface area contributed by atoms with Crippen LogP contribution >= 0.6 is 0 Å². The zero-order chi connectivity index (χ0) is 34.7. The number of aromatic nitrogens is 3. The number of Topliss-reactive ketones (excluding diaryl/α,β-unsaturated/α-hetero) is 1. The molecule has 2 amide bonds. The number of allylic oxidation sites excluding steroid dienone is 1. The van der Waals surface area contributed by atoms with Crippen LogP contribution in [0.15, 0.2) is 53.6 Å². The molecular formula is C35H51N5O6Si.